The zero-order valence-corrected chi connectivity index (χ0v) is 12.8. The Kier molecular flexibility index (Phi) is 5.21. The Morgan fingerprint density at radius 1 is 1.17 bits per heavy atom. The van der Waals surface area contributed by atoms with E-state index in [2.05, 4.69) is 13.8 Å². The van der Waals surface area contributed by atoms with Crippen molar-refractivity contribution in [1.82, 2.24) is 0 Å². The number of ether oxygens (including phenoxy) is 1. The number of nitrogens with two attached hydrogens (primary N) is 1. The lowest BCUT2D eigenvalue weighted by Gasteiger charge is -2.34. The molecule has 0 aromatic carbocycles. The Morgan fingerprint density at radius 2 is 1.67 bits per heavy atom. The van der Waals surface area contributed by atoms with Crippen molar-refractivity contribution in [3.63, 3.8) is 0 Å². The highest BCUT2D eigenvalue weighted by molar-refractivity contribution is 7.89. The minimum absolute atomic E-state index is 0.0299. The molecule has 1 aliphatic carbocycles. The van der Waals surface area contributed by atoms with Crippen LogP contribution in [0.5, 0.6) is 0 Å². The second-order valence-electron chi connectivity index (χ2n) is 6.82. The molecule has 5 heteroatoms. The molecule has 1 rings (SSSR count). The third-order valence-electron chi connectivity index (χ3n) is 3.44. The number of sulfonamides is 1. The predicted octanol–water partition coefficient (Wildman–Crippen LogP) is 2.14. The van der Waals surface area contributed by atoms with Crippen molar-refractivity contribution in [3.8, 4) is 0 Å². The Labute approximate surface area is 111 Å². The summed E-state index contributed by atoms with van der Waals surface area (Å²) in [6.45, 7) is 8.72. The van der Waals surface area contributed by atoms with Crippen molar-refractivity contribution in [2.45, 2.75) is 53.1 Å². The van der Waals surface area contributed by atoms with E-state index >= 15 is 0 Å². The van der Waals surface area contributed by atoms with Gasteiger partial charge in [0.2, 0.25) is 10.0 Å². The maximum Gasteiger partial charge on any atom is 0.209 e. The maximum atomic E-state index is 11.1. The van der Waals surface area contributed by atoms with Gasteiger partial charge in [-0.3, -0.25) is 0 Å². The topological polar surface area (TPSA) is 69.4 Å². The van der Waals surface area contributed by atoms with E-state index in [1.807, 2.05) is 13.8 Å². The maximum absolute atomic E-state index is 11.1. The summed E-state index contributed by atoms with van der Waals surface area (Å²) < 4.78 is 28.2. The van der Waals surface area contributed by atoms with Crippen molar-refractivity contribution in [3.05, 3.63) is 0 Å². The molecule has 0 aliphatic heterocycles. The molecule has 108 valence electrons. The lowest BCUT2D eigenvalue weighted by molar-refractivity contribution is -0.0293. The minimum atomic E-state index is -3.44. The van der Waals surface area contributed by atoms with Gasteiger partial charge in [0.15, 0.2) is 0 Å². The molecule has 18 heavy (non-hydrogen) atoms. The zero-order valence-electron chi connectivity index (χ0n) is 12.0. The van der Waals surface area contributed by atoms with Gasteiger partial charge in [-0.05, 0) is 31.1 Å². The highest BCUT2D eigenvalue weighted by Crippen LogP contribution is 2.31. The van der Waals surface area contributed by atoms with Crippen LogP contribution in [0.1, 0.15) is 47.0 Å². The van der Waals surface area contributed by atoms with Crippen LogP contribution in [0.2, 0.25) is 0 Å². The molecule has 0 spiro atoms. The van der Waals surface area contributed by atoms with Crippen LogP contribution in [0.25, 0.3) is 0 Å². The van der Waals surface area contributed by atoms with E-state index in [4.69, 9.17) is 9.88 Å². The summed E-state index contributed by atoms with van der Waals surface area (Å²) in [6.07, 6.45) is 3.69. The predicted molar refractivity (Wildman–Crippen MR) is 73.7 cm³/mol. The van der Waals surface area contributed by atoms with E-state index in [1.54, 1.807) is 0 Å². The van der Waals surface area contributed by atoms with Gasteiger partial charge in [-0.1, -0.05) is 27.7 Å². The van der Waals surface area contributed by atoms with Crippen LogP contribution < -0.4 is 5.14 Å². The molecule has 0 saturated heterocycles. The summed E-state index contributed by atoms with van der Waals surface area (Å²) in [4.78, 5) is 0. The summed E-state index contributed by atoms with van der Waals surface area (Å²) in [5.74, 6) is 1.36. The molecule has 0 aromatic rings. The summed E-state index contributed by atoms with van der Waals surface area (Å²) in [5, 5.41) is 5.09. The molecule has 2 N–H and O–H groups in total. The Morgan fingerprint density at radius 3 is 2.11 bits per heavy atom. The smallest absolute Gasteiger partial charge is 0.209 e. The van der Waals surface area contributed by atoms with Gasteiger partial charge in [-0.2, -0.15) is 0 Å². The van der Waals surface area contributed by atoms with E-state index in [0.29, 0.717) is 18.4 Å². The normalized spacial score (nSPS) is 30.4. The van der Waals surface area contributed by atoms with Gasteiger partial charge in [0.05, 0.1) is 18.5 Å². The fourth-order valence-corrected chi connectivity index (χ4v) is 4.11. The average molecular weight is 277 g/mol. The average Bonchev–Trinajstić information content (AvgIpc) is 2.09. The van der Waals surface area contributed by atoms with Gasteiger partial charge >= 0.3 is 0 Å². The molecule has 0 aromatic heterocycles. The highest BCUT2D eigenvalue weighted by atomic mass is 32.2. The van der Waals surface area contributed by atoms with Crippen LogP contribution in [0.3, 0.4) is 0 Å². The molecule has 2 unspecified atom stereocenters. The summed E-state index contributed by atoms with van der Waals surface area (Å²) in [6, 6.07) is 0. The third kappa shape index (κ3) is 6.16. The molecular formula is C13H27NO3S. The zero-order chi connectivity index (χ0) is 14.0. The molecule has 0 heterocycles. The number of hydrogen-bond acceptors (Lipinski definition) is 3. The van der Waals surface area contributed by atoms with Gasteiger partial charge in [-0.15, -0.1) is 0 Å². The SMILES string of the molecule is CC1CC(C)CC(OCC(C)(C)CS(N)(=O)=O)C1. The number of hydrogen-bond donors (Lipinski definition) is 1. The van der Waals surface area contributed by atoms with Gasteiger partial charge in [-0.25, -0.2) is 13.6 Å². The Hall–Kier alpha value is -0.130. The van der Waals surface area contributed by atoms with E-state index in [0.717, 1.165) is 12.8 Å². The van der Waals surface area contributed by atoms with Crippen molar-refractivity contribution in [2.75, 3.05) is 12.4 Å². The standard InChI is InChI=1S/C13H27NO3S/c1-10-5-11(2)7-12(6-10)17-8-13(3,4)9-18(14,15)16/h10-12H,5-9H2,1-4H3,(H2,14,15,16). The van der Waals surface area contributed by atoms with E-state index in [-0.39, 0.29) is 11.9 Å². The molecular weight excluding hydrogens is 250 g/mol. The van der Waals surface area contributed by atoms with Gasteiger partial charge in [0, 0.05) is 5.41 Å². The van der Waals surface area contributed by atoms with Crippen LogP contribution in [0, 0.1) is 17.3 Å². The fourth-order valence-electron chi connectivity index (χ4n) is 2.94. The lowest BCUT2D eigenvalue weighted by Crippen LogP contribution is -2.35. The molecule has 1 fully saturated rings. The van der Waals surface area contributed by atoms with E-state index in [9.17, 15) is 8.42 Å². The first-order valence-corrected chi connectivity index (χ1v) is 8.41. The van der Waals surface area contributed by atoms with Crippen LogP contribution in [0.15, 0.2) is 0 Å². The molecule has 1 saturated carbocycles. The van der Waals surface area contributed by atoms with Crippen LogP contribution in [-0.4, -0.2) is 26.9 Å². The van der Waals surface area contributed by atoms with Crippen LogP contribution in [0.4, 0.5) is 0 Å². The molecule has 0 amide bonds. The van der Waals surface area contributed by atoms with E-state index < -0.39 is 15.4 Å². The number of rotatable bonds is 5. The summed E-state index contributed by atoms with van der Waals surface area (Å²) in [5.41, 5.74) is -0.419. The van der Waals surface area contributed by atoms with Crippen molar-refractivity contribution >= 4 is 10.0 Å². The first kappa shape index (κ1) is 15.9. The first-order chi connectivity index (χ1) is 8.07. The fraction of sp³-hybridized carbons (Fsp3) is 1.00. The quantitative estimate of drug-likeness (QED) is 0.837. The van der Waals surface area contributed by atoms with Gasteiger partial charge in [0.1, 0.15) is 0 Å². The Balaban J connectivity index is 2.44. The second kappa shape index (κ2) is 5.88. The van der Waals surface area contributed by atoms with Gasteiger partial charge < -0.3 is 4.74 Å². The lowest BCUT2D eigenvalue weighted by atomic mass is 9.81. The van der Waals surface area contributed by atoms with E-state index in [1.165, 1.54) is 6.42 Å². The highest BCUT2D eigenvalue weighted by Gasteiger charge is 2.29. The van der Waals surface area contributed by atoms with Crippen molar-refractivity contribution in [2.24, 2.45) is 22.4 Å². The second-order valence-corrected chi connectivity index (χ2v) is 8.44. The van der Waals surface area contributed by atoms with Crippen LogP contribution in [-0.2, 0) is 14.8 Å². The molecule has 4 nitrogen and oxygen atoms in total. The largest absolute Gasteiger partial charge is 0.378 e. The molecule has 0 bridgehead atoms. The monoisotopic (exact) mass is 277 g/mol. The Bertz CT molecular complexity index is 354. The van der Waals surface area contributed by atoms with Gasteiger partial charge in [0.25, 0.3) is 0 Å². The first-order valence-electron chi connectivity index (χ1n) is 6.69. The van der Waals surface area contributed by atoms with Crippen molar-refractivity contribution < 1.29 is 13.2 Å². The minimum Gasteiger partial charge on any atom is -0.378 e. The molecule has 1 aliphatic rings. The molecule has 0 radical (unpaired) electrons. The summed E-state index contributed by atoms with van der Waals surface area (Å²) in [7, 11) is -3.44. The molecule has 2 atom stereocenters. The van der Waals surface area contributed by atoms with Crippen molar-refractivity contribution in [1.29, 1.82) is 0 Å². The summed E-state index contributed by atoms with van der Waals surface area (Å²) >= 11 is 0. The van der Waals surface area contributed by atoms with Crippen LogP contribution >= 0.6 is 0 Å². The third-order valence-corrected chi connectivity index (χ3v) is 4.62. The number of primary sulfonamides is 1.